The summed E-state index contributed by atoms with van der Waals surface area (Å²) in [7, 11) is 1.81. The minimum absolute atomic E-state index is 0.257. The minimum atomic E-state index is -0.257. The van der Waals surface area contributed by atoms with Gasteiger partial charge in [0.1, 0.15) is 11.4 Å². The second-order valence-electron chi connectivity index (χ2n) is 6.07. The van der Waals surface area contributed by atoms with Gasteiger partial charge in [-0.05, 0) is 32.6 Å². The Balaban J connectivity index is 1.97. The number of anilines is 1. The van der Waals surface area contributed by atoms with Gasteiger partial charge in [-0.25, -0.2) is 9.97 Å². The molecule has 1 N–H and O–H groups in total. The van der Waals surface area contributed by atoms with E-state index in [-0.39, 0.29) is 5.60 Å². The first-order valence-electron chi connectivity index (χ1n) is 7.96. The second-order valence-corrected chi connectivity index (χ2v) is 6.07. The average Bonchev–Trinajstić information content (AvgIpc) is 3.33. The number of ether oxygens (including phenoxy) is 1. The van der Waals surface area contributed by atoms with Gasteiger partial charge in [-0.3, -0.25) is 0 Å². The minimum Gasteiger partial charge on any atom is -0.370 e. The molecule has 1 aromatic heterocycles. The highest BCUT2D eigenvalue weighted by molar-refractivity contribution is 5.39. The second kappa shape index (κ2) is 5.68. The molecule has 2 aliphatic carbocycles. The molecule has 0 atom stereocenters. The molecule has 2 fully saturated rings. The molecule has 0 saturated heterocycles. The van der Waals surface area contributed by atoms with Crippen LogP contribution in [0.3, 0.4) is 0 Å². The molecule has 4 nitrogen and oxygen atoms in total. The average molecular weight is 275 g/mol. The molecule has 1 aromatic rings. The standard InChI is InChI=1S/C16H25N3O/c1-3-17-14-11-13(12-7-8-12)18-15(19-14)16(20-2)9-5-4-6-10-16/h11-12H,3-10H2,1-2H3,(H,17,18,19). The summed E-state index contributed by atoms with van der Waals surface area (Å²) in [5.74, 6) is 2.51. The Hall–Kier alpha value is -1.16. The van der Waals surface area contributed by atoms with Crippen LogP contribution in [0.25, 0.3) is 0 Å². The smallest absolute Gasteiger partial charge is 0.162 e. The van der Waals surface area contributed by atoms with E-state index in [0.29, 0.717) is 5.92 Å². The van der Waals surface area contributed by atoms with Crippen LogP contribution < -0.4 is 5.32 Å². The molecular weight excluding hydrogens is 250 g/mol. The molecule has 20 heavy (non-hydrogen) atoms. The molecule has 0 bridgehead atoms. The van der Waals surface area contributed by atoms with E-state index >= 15 is 0 Å². The number of methoxy groups -OCH3 is 1. The van der Waals surface area contributed by atoms with Crippen LogP contribution in [0.4, 0.5) is 5.82 Å². The topological polar surface area (TPSA) is 47.0 Å². The molecule has 0 aliphatic heterocycles. The molecule has 0 unspecified atom stereocenters. The molecule has 0 radical (unpaired) electrons. The number of nitrogens with one attached hydrogen (secondary N) is 1. The van der Waals surface area contributed by atoms with E-state index in [9.17, 15) is 0 Å². The van der Waals surface area contributed by atoms with Crippen LogP contribution >= 0.6 is 0 Å². The predicted octanol–water partition coefficient (Wildman–Crippen LogP) is 3.59. The van der Waals surface area contributed by atoms with Crippen molar-refractivity contribution in [1.29, 1.82) is 0 Å². The molecule has 2 saturated carbocycles. The summed E-state index contributed by atoms with van der Waals surface area (Å²) >= 11 is 0. The Morgan fingerprint density at radius 2 is 2.00 bits per heavy atom. The van der Waals surface area contributed by atoms with Crippen molar-refractivity contribution < 1.29 is 4.74 Å². The molecule has 110 valence electrons. The number of hydrogen-bond donors (Lipinski definition) is 1. The predicted molar refractivity (Wildman–Crippen MR) is 79.9 cm³/mol. The maximum atomic E-state index is 5.90. The van der Waals surface area contributed by atoms with E-state index < -0.39 is 0 Å². The summed E-state index contributed by atoms with van der Waals surface area (Å²) in [6, 6.07) is 2.12. The monoisotopic (exact) mass is 275 g/mol. The van der Waals surface area contributed by atoms with Crippen molar-refractivity contribution in [3.63, 3.8) is 0 Å². The molecule has 1 heterocycles. The lowest BCUT2D eigenvalue weighted by Gasteiger charge is -2.34. The first-order valence-corrected chi connectivity index (χ1v) is 7.96. The Bertz CT molecular complexity index is 465. The van der Waals surface area contributed by atoms with Gasteiger partial charge in [-0.2, -0.15) is 0 Å². The number of hydrogen-bond acceptors (Lipinski definition) is 4. The van der Waals surface area contributed by atoms with Gasteiger partial charge in [0.2, 0.25) is 0 Å². The summed E-state index contributed by atoms with van der Waals surface area (Å²) in [6.45, 7) is 2.99. The van der Waals surface area contributed by atoms with Gasteiger partial charge in [0.25, 0.3) is 0 Å². The number of aromatic nitrogens is 2. The van der Waals surface area contributed by atoms with Crippen molar-refractivity contribution in [2.75, 3.05) is 19.0 Å². The Labute approximate surface area is 121 Å². The normalized spacial score (nSPS) is 21.7. The van der Waals surface area contributed by atoms with Gasteiger partial charge in [0.05, 0.1) is 0 Å². The molecule has 3 rings (SSSR count). The Kier molecular flexibility index (Phi) is 3.92. The summed E-state index contributed by atoms with van der Waals surface area (Å²) < 4.78 is 5.90. The number of nitrogens with zero attached hydrogens (tertiary/aromatic N) is 2. The zero-order chi connectivity index (χ0) is 14.0. The van der Waals surface area contributed by atoms with Crippen molar-refractivity contribution in [2.45, 2.75) is 63.4 Å². The third-order valence-corrected chi connectivity index (χ3v) is 4.56. The fraction of sp³-hybridized carbons (Fsp3) is 0.750. The van der Waals surface area contributed by atoms with Gasteiger partial charge in [-0.15, -0.1) is 0 Å². The van der Waals surface area contributed by atoms with Crippen LogP contribution in [0.1, 0.15) is 69.3 Å². The van der Waals surface area contributed by atoms with Crippen LogP contribution in [-0.2, 0) is 10.3 Å². The largest absolute Gasteiger partial charge is 0.370 e. The van der Waals surface area contributed by atoms with Crippen LogP contribution in [0.15, 0.2) is 6.07 Å². The highest BCUT2D eigenvalue weighted by atomic mass is 16.5. The summed E-state index contributed by atoms with van der Waals surface area (Å²) in [6.07, 6.45) is 8.34. The van der Waals surface area contributed by atoms with Crippen LogP contribution in [0, 0.1) is 0 Å². The first-order chi connectivity index (χ1) is 9.77. The van der Waals surface area contributed by atoms with E-state index in [2.05, 4.69) is 18.3 Å². The lowest BCUT2D eigenvalue weighted by atomic mass is 9.84. The summed E-state index contributed by atoms with van der Waals surface area (Å²) in [5, 5.41) is 3.34. The maximum Gasteiger partial charge on any atom is 0.162 e. The SMILES string of the molecule is CCNc1cc(C2CC2)nc(C2(OC)CCCCC2)n1. The fourth-order valence-corrected chi connectivity index (χ4v) is 3.17. The van der Waals surface area contributed by atoms with Crippen molar-refractivity contribution in [3.8, 4) is 0 Å². The summed E-state index contributed by atoms with van der Waals surface area (Å²) in [4.78, 5) is 9.62. The highest BCUT2D eigenvalue weighted by Crippen LogP contribution is 2.42. The molecular formula is C16H25N3O. The molecule has 0 spiro atoms. The van der Waals surface area contributed by atoms with E-state index in [0.717, 1.165) is 31.0 Å². The van der Waals surface area contributed by atoms with E-state index in [4.69, 9.17) is 14.7 Å². The van der Waals surface area contributed by atoms with Crippen molar-refractivity contribution in [1.82, 2.24) is 9.97 Å². The van der Waals surface area contributed by atoms with Crippen molar-refractivity contribution in [2.24, 2.45) is 0 Å². The lowest BCUT2D eigenvalue weighted by Crippen LogP contribution is -2.33. The highest BCUT2D eigenvalue weighted by Gasteiger charge is 2.38. The van der Waals surface area contributed by atoms with Crippen LogP contribution in [0.2, 0.25) is 0 Å². The van der Waals surface area contributed by atoms with Gasteiger partial charge in [-0.1, -0.05) is 19.3 Å². The lowest BCUT2D eigenvalue weighted by molar-refractivity contribution is -0.0515. The third-order valence-electron chi connectivity index (χ3n) is 4.56. The zero-order valence-electron chi connectivity index (χ0n) is 12.6. The Morgan fingerprint density at radius 1 is 1.25 bits per heavy atom. The van der Waals surface area contributed by atoms with Gasteiger partial charge in [0.15, 0.2) is 5.82 Å². The van der Waals surface area contributed by atoms with Crippen LogP contribution in [-0.4, -0.2) is 23.6 Å². The molecule has 2 aliphatic rings. The van der Waals surface area contributed by atoms with E-state index in [1.807, 2.05) is 7.11 Å². The fourth-order valence-electron chi connectivity index (χ4n) is 3.17. The van der Waals surface area contributed by atoms with Gasteiger partial charge >= 0.3 is 0 Å². The van der Waals surface area contributed by atoms with Crippen molar-refractivity contribution in [3.05, 3.63) is 17.6 Å². The van der Waals surface area contributed by atoms with Crippen molar-refractivity contribution >= 4 is 5.82 Å². The molecule has 0 aromatic carbocycles. The summed E-state index contributed by atoms with van der Waals surface area (Å²) in [5.41, 5.74) is 0.945. The molecule has 4 heteroatoms. The van der Waals surface area contributed by atoms with E-state index in [1.54, 1.807) is 0 Å². The zero-order valence-corrected chi connectivity index (χ0v) is 12.6. The van der Waals surface area contributed by atoms with Crippen LogP contribution in [0.5, 0.6) is 0 Å². The van der Waals surface area contributed by atoms with Gasteiger partial charge in [0, 0.05) is 31.3 Å². The number of rotatable bonds is 5. The maximum absolute atomic E-state index is 5.90. The van der Waals surface area contributed by atoms with E-state index in [1.165, 1.54) is 37.8 Å². The van der Waals surface area contributed by atoms with Gasteiger partial charge < -0.3 is 10.1 Å². The first kappa shape index (κ1) is 13.8. The third kappa shape index (κ3) is 2.66. The molecule has 0 amide bonds. The Morgan fingerprint density at radius 3 is 2.60 bits per heavy atom. The quantitative estimate of drug-likeness (QED) is 0.892.